The van der Waals surface area contributed by atoms with Crippen molar-refractivity contribution >= 4 is 40.4 Å². The molecule has 0 bridgehead atoms. The van der Waals surface area contributed by atoms with Crippen molar-refractivity contribution < 1.29 is 23.8 Å². The molecule has 5 nitrogen and oxygen atoms in total. The Bertz CT molecular complexity index is 731. The molecule has 7 heteroatoms. The van der Waals surface area contributed by atoms with E-state index in [1.54, 1.807) is 0 Å². The Hall–Kier alpha value is -2.12. The summed E-state index contributed by atoms with van der Waals surface area (Å²) in [7, 11) is 2.58. The minimum absolute atomic E-state index is 0.205. The van der Waals surface area contributed by atoms with E-state index in [4.69, 9.17) is 14.2 Å². The zero-order valence-electron chi connectivity index (χ0n) is 12.5. The summed E-state index contributed by atoms with van der Waals surface area (Å²) >= 11 is 2.95. The molecule has 0 spiro atoms. The minimum Gasteiger partial charge on any atom is -0.482 e. The van der Waals surface area contributed by atoms with Crippen molar-refractivity contribution in [1.82, 2.24) is 0 Å². The Morgan fingerprint density at radius 2 is 2.00 bits per heavy atom. The molecule has 2 atom stereocenters. The topological polar surface area (TPSA) is 61.8 Å². The number of carbonyl (C=O) groups is 2. The molecule has 0 fully saturated rings. The Balaban J connectivity index is 2.13. The second-order valence-corrected chi connectivity index (χ2v) is 6.56. The standard InChI is InChI=1S/C16H14O5S2/c1-19-15(17)11-12(16(18)20-2)14(10-4-3-6-23-10)21-13(11)9-5-7-22-8-9/h3-8,12,14H,1-2H3/t12-,14+/m1/s1. The smallest absolute Gasteiger partial charge is 0.338 e. The lowest BCUT2D eigenvalue weighted by Gasteiger charge is -2.17. The number of hydrogen-bond acceptors (Lipinski definition) is 7. The van der Waals surface area contributed by atoms with E-state index in [0.717, 1.165) is 10.4 Å². The average molecular weight is 350 g/mol. The van der Waals surface area contributed by atoms with Crippen molar-refractivity contribution in [2.45, 2.75) is 6.10 Å². The number of esters is 2. The number of rotatable bonds is 4. The van der Waals surface area contributed by atoms with Gasteiger partial charge in [-0.15, -0.1) is 11.3 Å². The lowest BCUT2D eigenvalue weighted by Crippen LogP contribution is -2.26. The van der Waals surface area contributed by atoms with E-state index in [-0.39, 0.29) is 5.57 Å². The van der Waals surface area contributed by atoms with Gasteiger partial charge >= 0.3 is 11.9 Å². The van der Waals surface area contributed by atoms with Gasteiger partial charge in [-0.3, -0.25) is 4.79 Å². The van der Waals surface area contributed by atoms with Gasteiger partial charge in [0.05, 0.1) is 19.8 Å². The summed E-state index contributed by atoms with van der Waals surface area (Å²) in [6.45, 7) is 0. The van der Waals surface area contributed by atoms with Crippen molar-refractivity contribution in [2.75, 3.05) is 14.2 Å². The quantitative estimate of drug-likeness (QED) is 0.792. The van der Waals surface area contributed by atoms with Crippen LogP contribution >= 0.6 is 22.7 Å². The van der Waals surface area contributed by atoms with Crippen LogP contribution in [0.15, 0.2) is 39.9 Å². The summed E-state index contributed by atoms with van der Waals surface area (Å²) < 4.78 is 15.8. The van der Waals surface area contributed by atoms with E-state index in [9.17, 15) is 9.59 Å². The van der Waals surface area contributed by atoms with Gasteiger partial charge in [0.2, 0.25) is 0 Å². The fraction of sp³-hybridized carbons (Fsp3) is 0.250. The van der Waals surface area contributed by atoms with Crippen molar-refractivity contribution in [3.63, 3.8) is 0 Å². The molecule has 0 saturated heterocycles. The first kappa shape index (κ1) is 15.8. The maximum atomic E-state index is 12.3. The average Bonchev–Trinajstić information content (AvgIpc) is 3.31. The van der Waals surface area contributed by atoms with Gasteiger partial charge in [-0.1, -0.05) is 6.07 Å². The number of hydrogen-bond donors (Lipinski definition) is 0. The Morgan fingerprint density at radius 1 is 1.17 bits per heavy atom. The largest absolute Gasteiger partial charge is 0.482 e. The molecule has 3 rings (SSSR count). The highest BCUT2D eigenvalue weighted by atomic mass is 32.1. The Morgan fingerprint density at radius 3 is 2.57 bits per heavy atom. The van der Waals surface area contributed by atoms with Gasteiger partial charge in [0.15, 0.2) is 6.10 Å². The van der Waals surface area contributed by atoms with Crippen LogP contribution in [-0.4, -0.2) is 26.2 Å². The number of carbonyl (C=O) groups excluding carboxylic acids is 2. The third kappa shape index (κ3) is 2.77. The summed E-state index contributed by atoms with van der Waals surface area (Å²) in [5.41, 5.74) is 0.958. The first-order chi connectivity index (χ1) is 11.2. The van der Waals surface area contributed by atoms with Crippen molar-refractivity contribution in [3.8, 4) is 0 Å². The van der Waals surface area contributed by atoms with Gasteiger partial charge in [-0.2, -0.15) is 11.3 Å². The molecular weight excluding hydrogens is 336 g/mol. The van der Waals surface area contributed by atoms with Crippen LogP contribution in [0.1, 0.15) is 16.5 Å². The molecule has 0 unspecified atom stereocenters. The molecule has 0 N–H and O–H groups in total. The number of ether oxygens (including phenoxy) is 3. The van der Waals surface area contributed by atoms with Gasteiger partial charge in [0.25, 0.3) is 0 Å². The first-order valence-corrected chi connectivity index (χ1v) is 8.62. The lowest BCUT2D eigenvalue weighted by atomic mass is 9.93. The van der Waals surface area contributed by atoms with Crippen molar-refractivity contribution in [3.05, 3.63) is 50.4 Å². The predicted octanol–water partition coefficient (Wildman–Crippen LogP) is 3.25. The van der Waals surface area contributed by atoms with Gasteiger partial charge in [0, 0.05) is 15.8 Å². The summed E-state index contributed by atoms with van der Waals surface area (Å²) in [5, 5.41) is 5.64. The molecule has 0 amide bonds. The first-order valence-electron chi connectivity index (χ1n) is 6.80. The summed E-state index contributed by atoms with van der Waals surface area (Å²) in [6, 6.07) is 5.59. The minimum atomic E-state index is -0.846. The van der Waals surface area contributed by atoms with Crippen LogP contribution in [0.3, 0.4) is 0 Å². The Labute approximate surface area is 141 Å². The summed E-state index contributed by atoms with van der Waals surface area (Å²) in [5.74, 6) is -1.57. The van der Waals surface area contributed by atoms with Crippen LogP contribution in [-0.2, 0) is 23.8 Å². The molecular formula is C16H14O5S2. The maximum absolute atomic E-state index is 12.3. The summed E-state index contributed by atoms with van der Waals surface area (Å²) in [4.78, 5) is 25.5. The van der Waals surface area contributed by atoms with Crippen molar-refractivity contribution in [1.29, 1.82) is 0 Å². The predicted molar refractivity (Wildman–Crippen MR) is 86.9 cm³/mol. The highest BCUT2D eigenvalue weighted by molar-refractivity contribution is 7.10. The molecule has 3 heterocycles. The van der Waals surface area contributed by atoms with Crippen molar-refractivity contribution in [2.24, 2.45) is 5.92 Å². The number of thiophene rings is 2. The fourth-order valence-electron chi connectivity index (χ4n) is 2.54. The molecule has 0 radical (unpaired) electrons. The molecule has 23 heavy (non-hydrogen) atoms. The van der Waals surface area contributed by atoms with Gasteiger partial charge < -0.3 is 14.2 Å². The second-order valence-electron chi connectivity index (χ2n) is 4.80. The van der Waals surface area contributed by atoms with Gasteiger partial charge in [-0.05, 0) is 22.9 Å². The van der Waals surface area contributed by atoms with E-state index in [0.29, 0.717) is 5.76 Å². The van der Waals surface area contributed by atoms with E-state index in [1.807, 2.05) is 34.3 Å². The van der Waals surface area contributed by atoms with Crippen LogP contribution in [0.5, 0.6) is 0 Å². The van der Waals surface area contributed by atoms with Gasteiger partial charge in [0.1, 0.15) is 11.7 Å². The molecule has 1 aliphatic heterocycles. The molecule has 120 valence electrons. The van der Waals surface area contributed by atoms with Crippen LogP contribution < -0.4 is 0 Å². The third-order valence-corrected chi connectivity index (χ3v) is 5.19. The fourth-order valence-corrected chi connectivity index (χ4v) is 3.97. The monoisotopic (exact) mass is 350 g/mol. The third-order valence-electron chi connectivity index (χ3n) is 3.57. The van der Waals surface area contributed by atoms with E-state index in [2.05, 4.69) is 0 Å². The van der Waals surface area contributed by atoms with E-state index in [1.165, 1.54) is 36.9 Å². The molecule has 0 aromatic carbocycles. The van der Waals surface area contributed by atoms with Gasteiger partial charge in [-0.25, -0.2) is 4.79 Å². The molecule has 0 aliphatic carbocycles. The zero-order chi connectivity index (χ0) is 16.4. The molecule has 1 aliphatic rings. The van der Waals surface area contributed by atoms with E-state index < -0.39 is 24.0 Å². The van der Waals surface area contributed by atoms with Crippen LogP contribution in [0, 0.1) is 5.92 Å². The highest BCUT2D eigenvalue weighted by Gasteiger charge is 2.47. The Kier molecular flexibility index (Phi) is 4.49. The zero-order valence-corrected chi connectivity index (χ0v) is 14.1. The van der Waals surface area contributed by atoms with Crippen LogP contribution in [0.25, 0.3) is 5.76 Å². The highest BCUT2D eigenvalue weighted by Crippen LogP contribution is 2.47. The normalized spacial score (nSPS) is 20.3. The second kappa shape index (κ2) is 6.55. The van der Waals surface area contributed by atoms with Crippen LogP contribution in [0.4, 0.5) is 0 Å². The SMILES string of the molecule is COC(=O)C1=C(c2ccsc2)O[C@@H](c2cccs2)[C@@H]1C(=O)OC. The molecule has 0 saturated carbocycles. The molecule has 2 aromatic heterocycles. The summed E-state index contributed by atoms with van der Waals surface area (Å²) in [6.07, 6.45) is -0.591. The van der Waals surface area contributed by atoms with Crippen LogP contribution in [0.2, 0.25) is 0 Å². The maximum Gasteiger partial charge on any atom is 0.338 e. The number of methoxy groups -OCH3 is 2. The lowest BCUT2D eigenvalue weighted by molar-refractivity contribution is -0.149. The van der Waals surface area contributed by atoms with E-state index >= 15 is 0 Å². The molecule has 2 aromatic rings.